The number of carboxylic acid groups (broad SMARTS) is 2. The van der Waals surface area contributed by atoms with E-state index in [-0.39, 0.29) is 6.42 Å². The van der Waals surface area contributed by atoms with E-state index in [1.165, 1.54) is 0 Å². The van der Waals surface area contributed by atoms with Gasteiger partial charge in [0.2, 0.25) is 0 Å². The summed E-state index contributed by atoms with van der Waals surface area (Å²) in [7, 11) is 0. The Balaban J connectivity index is 2.96. The summed E-state index contributed by atoms with van der Waals surface area (Å²) in [4.78, 5) is 21.3. The van der Waals surface area contributed by atoms with Gasteiger partial charge in [-0.25, -0.2) is 0 Å². The fourth-order valence-electron chi connectivity index (χ4n) is 1.54. The average molecular weight is 222 g/mol. The van der Waals surface area contributed by atoms with Crippen molar-refractivity contribution in [2.45, 2.75) is 18.4 Å². The Morgan fingerprint density at radius 3 is 2.19 bits per heavy atom. The van der Waals surface area contributed by atoms with Crippen LogP contribution in [0.3, 0.4) is 0 Å². The molecule has 0 aliphatic heterocycles. The Morgan fingerprint density at radius 1 is 1.19 bits per heavy atom. The van der Waals surface area contributed by atoms with Gasteiger partial charge in [0.05, 0.1) is 5.97 Å². The predicted octanol–water partition coefficient (Wildman–Crippen LogP) is -2.73. The van der Waals surface area contributed by atoms with Crippen molar-refractivity contribution < 1.29 is 25.5 Å². The Hall–Kier alpha value is -1.88. The number of carbonyl (C=O) groups excluding carboxylic acids is 2. The molecule has 0 aromatic heterocycles. The fourth-order valence-corrected chi connectivity index (χ4v) is 1.54. The molecule has 0 aliphatic carbocycles. The molecule has 0 heterocycles. The van der Waals surface area contributed by atoms with E-state index in [1.807, 2.05) is 0 Å². The number of benzene rings is 1. The lowest BCUT2D eigenvalue weighted by atomic mass is 9.89. The monoisotopic (exact) mass is 222 g/mol. The third-order valence-electron chi connectivity index (χ3n) is 2.40. The van der Waals surface area contributed by atoms with Crippen molar-refractivity contribution in [3.8, 4) is 0 Å². The third-order valence-corrected chi connectivity index (χ3v) is 2.40. The lowest BCUT2D eigenvalue weighted by Gasteiger charge is -2.22. The maximum absolute atomic E-state index is 10.7. The molecule has 0 amide bonds. The van der Waals surface area contributed by atoms with E-state index < -0.39 is 23.9 Å². The number of aliphatic carboxylic acids is 2. The van der Waals surface area contributed by atoms with Crippen LogP contribution in [0.5, 0.6) is 0 Å². The highest BCUT2D eigenvalue weighted by Crippen LogP contribution is 2.20. The molecule has 1 aromatic carbocycles. The summed E-state index contributed by atoms with van der Waals surface area (Å²) >= 11 is 0. The van der Waals surface area contributed by atoms with Gasteiger partial charge in [-0.05, 0) is 12.0 Å². The Bertz CT molecular complexity index is 377. The summed E-state index contributed by atoms with van der Waals surface area (Å²) in [6, 6.07) is 7.39. The Labute approximate surface area is 92.5 Å². The van der Waals surface area contributed by atoms with Crippen LogP contribution < -0.4 is 15.9 Å². The van der Waals surface area contributed by atoms with Crippen LogP contribution in [0.2, 0.25) is 0 Å². The molecule has 0 saturated carbocycles. The van der Waals surface area contributed by atoms with Gasteiger partial charge >= 0.3 is 0 Å². The molecule has 1 rings (SSSR count). The largest absolute Gasteiger partial charge is 0.550 e. The first kappa shape index (κ1) is 12.2. The van der Waals surface area contributed by atoms with Gasteiger partial charge in [-0.3, -0.25) is 0 Å². The SMILES string of the molecule is [NH3+][C@@H](C(=O)[O-])[C@H](CC(=O)[O-])c1ccccc1. The van der Waals surface area contributed by atoms with Crippen molar-refractivity contribution in [3.63, 3.8) is 0 Å². The molecule has 0 aliphatic rings. The van der Waals surface area contributed by atoms with Crippen molar-refractivity contribution in [2.75, 3.05) is 0 Å². The smallest absolute Gasteiger partial charge is 0.132 e. The number of rotatable bonds is 5. The van der Waals surface area contributed by atoms with Crippen molar-refractivity contribution in [2.24, 2.45) is 0 Å². The van der Waals surface area contributed by atoms with Crippen LogP contribution >= 0.6 is 0 Å². The van der Waals surface area contributed by atoms with Crippen LogP contribution in [0.4, 0.5) is 0 Å². The van der Waals surface area contributed by atoms with Gasteiger partial charge < -0.3 is 25.5 Å². The number of carbonyl (C=O) groups is 2. The molecule has 0 saturated heterocycles. The van der Waals surface area contributed by atoms with Crippen molar-refractivity contribution in [1.82, 2.24) is 0 Å². The maximum atomic E-state index is 10.7. The van der Waals surface area contributed by atoms with Crippen LogP contribution in [-0.2, 0) is 9.59 Å². The van der Waals surface area contributed by atoms with Crippen LogP contribution in [0.1, 0.15) is 17.9 Å². The highest BCUT2D eigenvalue weighted by molar-refractivity contribution is 5.73. The minimum atomic E-state index is -1.37. The van der Waals surface area contributed by atoms with E-state index in [9.17, 15) is 19.8 Å². The van der Waals surface area contributed by atoms with Gasteiger partial charge in [-0.15, -0.1) is 0 Å². The summed E-state index contributed by atoms with van der Waals surface area (Å²) in [6.45, 7) is 0. The second-order valence-electron chi connectivity index (χ2n) is 3.52. The van der Waals surface area contributed by atoms with Crippen LogP contribution in [0, 0.1) is 0 Å². The van der Waals surface area contributed by atoms with E-state index in [0.717, 1.165) is 0 Å². The molecule has 3 N–H and O–H groups in total. The van der Waals surface area contributed by atoms with Gasteiger partial charge in [0.15, 0.2) is 0 Å². The molecule has 5 heteroatoms. The summed E-state index contributed by atoms with van der Waals surface area (Å²) in [5.74, 6) is -3.39. The highest BCUT2D eigenvalue weighted by Gasteiger charge is 2.24. The fraction of sp³-hybridized carbons (Fsp3) is 0.273. The van der Waals surface area contributed by atoms with E-state index in [1.54, 1.807) is 30.3 Å². The lowest BCUT2D eigenvalue weighted by molar-refractivity contribution is -0.442. The zero-order valence-electron chi connectivity index (χ0n) is 8.59. The lowest BCUT2D eigenvalue weighted by Crippen LogP contribution is -2.71. The average Bonchev–Trinajstić information content (AvgIpc) is 2.26. The molecule has 5 nitrogen and oxygen atoms in total. The molecule has 0 bridgehead atoms. The summed E-state index contributed by atoms with van der Waals surface area (Å²) in [5.41, 5.74) is 4.02. The van der Waals surface area contributed by atoms with Crippen molar-refractivity contribution in [3.05, 3.63) is 35.9 Å². The first-order chi connectivity index (χ1) is 7.52. The van der Waals surface area contributed by atoms with Crippen molar-refractivity contribution in [1.29, 1.82) is 0 Å². The Morgan fingerprint density at radius 2 is 1.75 bits per heavy atom. The first-order valence-corrected chi connectivity index (χ1v) is 4.81. The molecule has 16 heavy (non-hydrogen) atoms. The number of quaternary nitrogens is 1. The van der Waals surface area contributed by atoms with Gasteiger partial charge in [-0.1, -0.05) is 30.3 Å². The van der Waals surface area contributed by atoms with Crippen molar-refractivity contribution >= 4 is 11.9 Å². The molecule has 86 valence electrons. The molecule has 0 spiro atoms. The van der Waals surface area contributed by atoms with Gasteiger partial charge in [0, 0.05) is 11.9 Å². The molecule has 0 fully saturated rings. The quantitative estimate of drug-likeness (QED) is 0.583. The zero-order valence-corrected chi connectivity index (χ0v) is 8.59. The zero-order chi connectivity index (χ0) is 12.1. The van der Waals surface area contributed by atoms with E-state index >= 15 is 0 Å². The summed E-state index contributed by atoms with van der Waals surface area (Å²) < 4.78 is 0. The Kier molecular flexibility index (Phi) is 4.02. The molecule has 1 aromatic rings. The molecular formula is C11H12NO4-. The van der Waals surface area contributed by atoms with E-state index in [2.05, 4.69) is 5.73 Å². The minimum absolute atomic E-state index is 0.383. The van der Waals surface area contributed by atoms with Crippen LogP contribution in [-0.4, -0.2) is 18.0 Å². The maximum Gasteiger partial charge on any atom is 0.132 e. The summed E-state index contributed by atoms with van der Waals surface area (Å²) in [5, 5.41) is 21.3. The highest BCUT2D eigenvalue weighted by atomic mass is 16.4. The van der Waals surface area contributed by atoms with Gasteiger partial charge in [0.1, 0.15) is 6.04 Å². The molecule has 2 atom stereocenters. The second kappa shape index (κ2) is 5.27. The number of carboxylic acids is 2. The minimum Gasteiger partial charge on any atom is -0.550 e. The normalized spacial score (nSPS) is 14.1. The van der Waals surface area contributed by atoms with E-state index in [4.69, 9.17) is 0 Å². The van der Waals surface area contributed by atoms with Crippen LogP contribution in [0.15, 0.2) is 30.3 Å². The van der Waals surface area contributed by atoms with Gasteiger partial charge in [0.25, 0.3) is 0 Å². The molecule has 0 radical (unpaired) electrons. The van der Waals surface area contributed by atoms with Crippen LogP contribution in [0.25, 0.3) is 0 Å². The number of hydrogen-bond donors (Lipinski definition) is 1. The number of hydrogen-bond acceptors (Lipinski definition) is 4. The first-order valence-electron chi connectivity index (χ1n) is 4.81. The summed E-state index contributed by atoms with van der Waals surface area (Å²) in [6.07, 6.45) is -0.383. The van der Waals surface area contributed by atoms with E-state index in [0.29, 0.717) is 5.56 Å². The van der Waals surface area contributed by atoms with Gasteiger partial charge in [-0.2, -0.15) is 0 Å². The predicted molar refractivity (Wildman–Crippen MR) is 50.5 cm³/mol. The topological polar surface area (TPSA) is 108 Å². The third kappa shape index (κ3) is 3.06. The standard InChI is InChI=1S/C11H13NO4/c12-10(11(15)16)8(6-9(13)14)7-4-2-1-3-5-7/h1-5,8,10H,6,12H2,(H,13,14)(H,15,16)/p-1/t8-,10-/m1/s1. The molecule has 0 unspecified atom stereocenters. The molecular weight excluding hydrogens is 210 g/mol. The second-order valence-corrected chi connectivity index (χ2v) is 3.52.